The van der Waals surface area contributed by atoms with E-state index in [0.29, 0.717) is 11.8 Å². The minimum atomic E-state index is -0.189. The average molecular weight is 509 g/mol. The molecule has 0 saturated carbocycles. The molecule has 1 aromatic carbocycles. The van der Waals surface area contributed by atoms with E-state index in [1.165, 1.54) is 55.7 Å². The standard InChI is InChI=1S/C38H52/c1-22(2)32-25(5)21-36(13)31(19-23(3)20-35(10,11)12)37(14)27(7)30-18-16-17-24(4)33(30)26(6)34(37)29(9)38(36,15)28(32)8/h16-18,27,31H,1,3,6,8,19-21H2,2,4-5,7,9-15H3/t27-,31+,36+,37-,38-/m1/s1. The van der Waals surface area contributed by atoms with E-state index in [4.69, 9.17) is 19.7 Å². The molecule has 204 valence electrons. The summed E-state index contributed by atoms with van der Waals surface area (Å²) in [4.78, 5) is 0. The first kappa shape index (κ1) is 28.7. The van der Waals surface area contributed by atoms with E-state index in [-0.39, 0.29) is 21.7 Å². The van der Waals surface area contributed by atoms with E-state index in [1.54, 1.807) is 0 Å². The van der Waals surface area contributed by atoms with Gasteiger partial charge in [0.15, 0.2) is 0 Å². The van der Waals surface area contributed by atoms with Crippen LogP contribution in [0.1, 0.15) is 111 Å². The van der Waals surface area contributed by atoms with Gasteiger partial charge in [-0.05, 0) is 109 Å². The molecular weight excluding hydrogens is 456 g/mol. The fourth-order valence-corrected chi connectivity index (χ4v) is 9.44. The van der Waals surface area contributed by atoms with E-state index in [1.807, 2.05) is 0 Å². The molecule has 0 aliphatic heterocycles. The van der Waals surface area contributed by atoms with Crippen LogP contribution in [-0.4, -0.2) is 0 Å². The van der Waals surface area contributed by atoms with Crippen LogP contribution in [-0.2, 0) is 0 Å². The second kappa shape index (κ2) is 8.84. The normalized spacial score (nSPS) is 33.1. The quantitative estimate of drug-likeness (QED) is 0.355. The molecule has 3 aliphatic carbocycles. The Hall–Kier alpha value is -2.34. The summed E-state index contributed by atoms with van der Waals surface area (Å²) in [5, 5.41) is 0. The third-order valence-electron chi connectivity index (χ3n) is 11.2. The predicted octanol–water partition coefficient (Wildman–Crippen LogP) is 11.3. The summed E-state index contributed by atoms with van der Waals surface area (Å²) in [6.45, 7) is 45.0. The summed E-state index contributed by atoms with van der Waals surface area (Å²) in [6, 6.07) is 6.84. The van der Waals surface area contributed by atoms with Gasteiger partial charge >= 0.3 is 0 Å². The minimum absolute atomic E-state index is 0.00780. The van der Waals surface area contributed by atoms with Crippen LogP contribution in [0.15, 0.2) is 83.5 Å². The second-order valence-corrected chi connectivity index (χ2v) is 14.9. The Morgan fingerprint density at radius 2 is 1.63 bits per heavy atom. The van der Waals surface area contributed by atoms with Crippen molar-refractivity contribution in [2.45, 2.75) is 101 Å². The maximum absolute atomic E-state index is 4.85. The molecule has 4 rings (SSSR count). The monoisotopic (exact) mass is 508 g/mol. The molecule has 0 heterocycles. The summed E-state index contributed by atoms with van der Waals surface area (Å²) in [5.41, 5.74) is 14.7. The summed E-state index contributed by atoms with van der Waals surface area (Å²) < 4.78 is 0. The van der Waals surface area contributed by atoms with E-state index in [9.17, 15) is 0 Å². The Balaban J connectivity index is 2.10. The molecule has 0 radical (unpaired) electrons. The van der Waals surface area contributed by atoms with Gasteiger partial charge in [-0.25, -0.2) is 0 Å². The molecule has 0 spiro atoms. The van der Waals surface area contributed by atoms with Crippen molar-refractivity contribution in [1.82, 2.24) is 0 Å². The van der Waals surface area contributed by atoms with Crippen molar-refractivity contribution in [3.63, 3.8) is 0 Å². The Bertz CT molecular complexity index is 1330. The van der Waals surface area contributed by atoms with E-state index < -0.39 is 0 Å². The molecule has 5 atom stereocenters. The summed E-state index contributed by atoms with van der Waals surface area (Å²) >= 11 is 0. The van der Waals surface area contributed by atoms with Gasteiger partial charge in [0.2, 0.25) is 0 Å². The van der Waals surface area contributed by atoms with Crippen molar-refractivity contribution < 1.29 is 0 Å². The number of fused-ring (bicyclic) bond motifs is 3. The van der Waals surface area contributed by atoms with Gasteiger partial charge in [-0.3, -0.25) is 0 Å². The lowest BCUT2D eigenvalue weighted by atomic mass is 9.36. The van der Waals surface area contributed by atoms with Crippen molar-refractivity contribution in [2.75, 3.05) is 0 Å². The van der Waals surface area contributed by atoms with Crippen LogP contribution in [0.25, 0.3) is 5.57 Å². The number of allylic oxidation sites excluding steroid dienone is 8. The van der Waals surface area contributed by atoms with Gasteiger partial charge in [-0.15, -0.1) is 0 Å². The summed E-state index contributed by atoms with van der Waals surface area (Å²) in [7, 11) is 0. The van der Waals surface area contributed by atoms with Crippen molar-refractivity contribution in [3.8, 4) is 0 Å². The number of rotatable bonds is 4. The van der Waals surface area contributed by atoms with Crippen molar-refractivity contribution in [3.05, 3.63) is 100 Å². The molecule has 0 amide bonds. The van der Waals surface area contributed by atoms with Crippen molar-refractivity contribution in [2.24, 2.45) is 27.6 Å². The molecular formula is C38H52. The predicted molar refractivity (Wildman–Crippen MR) is 168 cm³/mol. The molecule has 1 aromatic rings. The fraction of sp³-hybridized carbons (Fsp3) is 0.526. The first-order chi connectivity index (χ1) is 17.3. The number of hydrogen-bond acceptors (Lipinski definition) is 0. The van der Waals surface area contributed by atoms with Crippen LogP contribution in [0.2, 0.25) is 0 Å². The molecule has 3 aliphatic rings. The van der Waals surface area contributed by atoms with Gasteiger partial charge in [-0.1, -0.05) is 115 Å². The zero-order valence-corrected chi connectivity index (χ0v) is 26.3. The van der Waals surface area contributed by atoms with Crippen molar-refractivity contribution >= 4 is 5.57 Å². The maximum Gasteiger partial charge on any atom is 0.0197 e. The lowest BCUT2D eigenvalue weighted by molar-refractivity contribution is -0.0375. The molecule has 38 heavy (non-hydrogen) atoms. The Kier molecular flexibility index (Phi) is 6.67. The highest BCUT2D eigenvalue weighted by Gasteiger charge is 2.66. The molecule has 0 heteroatoms. The zero-order chi connectivity index (χ0) is 28.7. The van der Waals surface area contributed by atoms with Crippen molar-refractivity contribution in [1.29, 1.82) is 0 Å². The van der Waals surface area contributed by atoms with Crippen LogP contribution in [0.5, 0.6) is 0 Å². The van der Waals surface area contributed by atoms with Gasteiger partial charge in [-0.2, -0.15) is 0 Å². The highest BCUT2D eigenvalue weighted by Crippen LogP contribution is 2.75. The van der Waals surface area contributed by atoms with Crippen LogP contribution in [0, 0.1) is 34.5 Å². The van der Waals surface area contributed by atoms with Gasteiger partial charge in [0.25, 0.3) is 0 Å². The van der Waals surface area contributed by atoms with E-state index in [2.05, 4.69) is 101 Å². The maximum atomic E-state index is 4.85. The van der Waals surface area contributed by atoms with E-state index >= 15 is 0 Å². The Morgan fingerprint density at radius 3 is 2.18 bits per heavy atom. The van der Waals surface area contributed by atoms with Crippen LogP contribution >= 0.6 is 0 Å². The summed E-state index contributed by atoms with van der Waals surface area (Å²) in [5.74, 6) is 0.772. The van der Waals surface area contributed by atoms with Gasteiger partial charge in [0, 0.05) is 10.8 Å². The van der Waals surface area contributed by atoms with E-state index in [0.717, 1.165) is 24.8 Å². The van der Waals surface area contributed by atoms with Crippen LogP contribution < -0.4 is 0 Å². The van der Waals surface area contributed by atoms with Crippen LogP contribution in [0.4, 0.5) is 0 Å². The Labute approximate surface area is 234 Å². The highest BCUT2D eigenvalue weighted by molar-refractivity contribution is 5.87. The molecule has 0 N–H and O–H groups in total. The minimum Gasteiger partial charge on any atom is -0.0998 e. The molecule has 0 bridgehead atoms. The third kappa shape index (κ3) is 3.69. The number of benzene rings is 1. The molecule has 0 nitrogen and oxygen atoms in total. The van der Waals surface area contributed by atoms with Crippen LogP contribution in [0.3, 0.4) is 0 Å². The Morgan fingerprint density at radius 1 is 1.03 bits per heavy atom. The zero-order valence-electron chi connectivity index (χ0n) is 26.3. The molecule has 0 saturated heterocycles. The summed E-state index contributed by atoms with van der Waals surface area (Å²) in [6.07, 6.45) is 3.12. The third-order valence-corrected chi connectivity index (χ3v) is 11.2. The van der Waals surface area contributed by atoms with Gasteiger partial charge in [0.1, 0.15) is 0 Å². The lowest BCUT2D eigenvalue weighted by Gasteiger charge is -2.67. The molecule has 0 fully saturated rings. The molecule has 0 unspecified atom stereocenters. The van der Waals surface area contributed by atoms with Gasteiger partial charge < -0.3 is 0 Å². The average Bonchev–Trinajstić information content (AvgIpc) is 2.77. The second-order valence-electron chi connectivity index (χ2n) is 14.9. The first-order valence-corrected chi connectivity index (χ1v) is 14.6. The first-order valence-electron chi connectivity index (χ1n) is 14.6. The number of aryl methyl sites for hydroxylation is 1. The lowest BCUT2D eigenvalue weighted by Crippen LogP contribution is -2.59. The SMILES string of the molecule is C=C(C[C@@H]1[C@]2(C)C(=C(C)[C@@]3(C)C(=C)C(C(=C)C)=C(C)C[C@@]13C)C(=C)c1c(C)cccc1[C@H]2C)CC(C)(C)C. The smallest absolute Gasteiger partial charge is 0.0197 e. The highest BCUT2D eigenvalue weighted by atomic mass is 14.7. The van der Waals surface area contributed by atoms with Gasteiger partial charge in [0.05, 0.1) is 0 Å². The topological polar surface area (TPSA) is 0 Å². The number of hydrogen-bond donors (Lipinski definition) is 0. The molecule has 0 aromatic heterocycles. The largest absolute Gasteiger partial charge is 0.0998 e. The fourth-order valence-electron chi connectivity index (χ4n) is 9.44.